The monoisotopic (exact) mass is 311 g/mol. The summed E-state index contributed by atoms with van der Waals surface area (Å²) in [5.41, 5.74) is 0.475. The highest BCUT2D eigenvalue weighted by atomic mass is 35.5. The predicted octanol–water partition coefficient (Wildman–Crippen LogP) is 2.47. The standard InChI is InChI=1S/C15H19ClFN3O/c16-12-1-2-14(17)11(9-12)10-19-7-8-20(15(19)21)13-3-5-18-6-4-13/h1-2,9,13,18H,3-8,10H2. The van der Waals surface area contributed by atoms with Crippen molar-refractivity contribution in [3.63, 3.8) is 0 Å². The smallest absolute Gasteiger partial charge is 0.320 e. The number of hydrogen-bond donors (Lipinski definition) is 1. The maximum absolute atomic E-state index is 13.8. The van der Waals surface area contributed by atoms with Crippen LogP contribution >= 0.6 is 11.6 Å². The Kier molecular flexibility index (Phi) is 4.31. The number of benzene rings is 1. The van der Waals surface area contributed by atoms with Crippen molar-refractivity contribution >= 4 is 17.6 Å². The van der Waals surface area contributed by atoms with E-state index in [0.29, 0.717) is 23.2 Å². The summed E-state index contributed by atoms with van der Waals surface area (Å²) in [6, 6.07) is 4.79. The number of nitrogens with zero attached hydrogens (tertiary/aromatic N) is 2. The lowest BCUT2D eigenvalue weighted by molar-refractivity contribution is 0.164. The van der Waals surface area contributed by atoms with Gasteiger partial charge in [-0.15, -0.1) is 0 Å². The third-order valence-electron chi connectivity index (χ3n) is 4.25. The van der Waals surface area contributed by atoms with E-state index in [2.05, 4.69) is 5.32 Å². The summed E-state index contributed by atoms with van der Waals surface area (Å²) in [4.78, 5) is 16.1. The number of nitrogens with one attached hydrogen (secondary N) is 1. The second-order valence-electron chi connectivity index (χ2n) is 5.61. The van der Waals surface area contributed by atoms with Crippen LogP contribution < -0.4 is 5.32 Å². The van der Waals surface area contributed by atoms with Crippen LogP contribution in [0, 0.1) is 5.82 Å². The van der Waals surface area contributed by atoms with E-state index < -0.39 is 0 Å². The van der Waals surface area contributed by atoms with Crippen LogP contribution in [0.4, 0.5) is 9.18 Å². The van der Waals surface area contributed by atoms with Crippen molar-refractivity contribution in [2.45, 2.75) is 25.4 Å². The minimum Gasteiger partial charge on any atom is -0.320 e. The molecule has 6 heteroatoms. The van der Waals surface area contributed by atoms with Crippen LogP contribution in [-0.4, -0.2) is 48.1 Å². The summed E-state index contributed by atoms with van der Waals surface area (Å²) in [5.74, 6) is -0.312. The summed E-state index contributed by atoms with van der Waals surface area (Å²) < 4.78 is 13.8. The van der Waals surface area contributed by atoms with E-state index in [-0.39, 0.29) is 18.4 Å². The zero-order valence-corrected chi connectivity index (χ0v) is 12.6. The van der Waals surface area contributed by atoms with Crippen LogP contribution in [0.3, 0.4) is 0 Å². The van der Waals surface area contributed by atoms with Crippen LogP contribution in [0.2, 0.25) is 5.02 Å². The third kappa shape index (κ3) is 3.14. The molecule has 114 valence electrons. The topological polar surface area (TPSA) is 35.6 Å². The number of piperidine rings is 1. The van der Waals surface area contributed by atoms with Crippen molar-refractivity contribution in [1.29, 1.82) is 0 Å². The second kappa shape index (κ2) is 6.20. The molecule has 21 heavy (non-hydrogen) atoms. The summed E-state index contributed by atoms with van der Waals surface area (Å²) in [6.45, 7) is 3.57. The van der Waals surface area contributed by atoms with Crippen molar-refractivity contribution in [2.75, 3.05) is 26.2 Å². The largest absolute Gasteiger partial charge is 0.320 e. The highest BCUT2D eigenvalue weighted by Crippen LogP contribution is 2.22. The van der Waals surface area contributed by atoms with E-state index in [9.17, 15) is 9.18 Å². The number of amides is 2. The highest BCUT2D eigenvalue weighted by Gasteiger charge is 2.34. The van der Waals surface area contributed by atoms with Gasteiger partial charge in [0.25, 0.3) is 0 Å². The van der Waals surface area contributed by atoms with E-state index in [4.69, 9.17) is 11.6 Å². The molecule has 0 unspecified atom stereocenters. The molecule has 0 aliphatic carbocycles. The van der Waals surface area contributed by atoms with Crippen LogP contribution in [0.1, 0.15) is 18.4 Å². The maximum Gasteiger partial charge on any atom is 0.320 e. The normalized spacial score (nSPS) is 20.4. The molecule has 1 N–H and O–H groups in total. The zero-order valence-electron chi connectivity index (χ0n) is 11.8. The molecule has 0 aromatic heterocycles. The van der Waals surface area contributed by atoms with Gasteiger partial charge in [-0.05, 0) is 44.1 Å². The van der Waals surface area contributed by atoms with E-state index in [0.717, 1.165) is 32.5 Å². The van der Waals surface area contributed by atoms with E-state index in [1.54, 1.807) is 11.0 Å². The summed E-state index contributed by atoms with van der Waals surface area (Å²) in [6.07, 6.45) is 1.98. The minimum absolute atomic E-state index is 0.0151. The van der Waals surface area contributed by atoms with Crippen molar-refractivity contribution in [1.82, 2.24) is 15.1 Å². The first-order valence-electron chi connectivity index (χ1n) is 7.35. The Balaban J connectivity index is 1.67. The number of hydrogen-bond acceptors (Lipinski definition) is 2. The Morgan fingerprint density at radius 1 is 1.29 bits per heavy atom. The molecule has 2 amide bonds. The second-order valence-corrected chi connectivity index (χ2v) is 6.05. The lowest BCUT2D eigenvalue weighted by atomic mass is 10.1. The minimum atomic E-state index is -0.312. The maximum atomic E-state index is 13.8. The number of carbonyl (C=O) groups excluding carboxylic acids is 1. The first-order chi connectivity index (χ1) is 10.1. The molecule has 0 radical (unpaired) electrons. The molecule has 2 aliphatic heterocycles. The predicted molar refractivity (Wildman–Crippen MR) is 79.8 cm³/mol. The zero-order chi connectivity index (χ0) is 14.8. The molecule has 2 saturated heterocycles. The third-order valence-corrected chi connectivity index (χ3v) is 4.48. The lowest BCUT2D eigenvalue weighted by Crippen LogP contribution is -2.45. The van der Waals surface area contributed by atoms with E-state index >= 15 is 0 Å². The highest BCUT2D eigenvalue weighted by molar-refractivity contribution is 6.30. The fraction of sp³-hybridized carbons (Fsp3) is 0.533. The Hall–Kier alpha value is -1.33. The Labute approximate surface area is 128 Å². The molecule has 2 fully saturated rings. The first-order valence-corrected chi connectivity index (χ1v) is 7.73. The van der Waals surface area contributed by atoms with Gasteiger partial charge in [0, 0.05) is 29.7 Å². The first kappa shape index (κ1) is 14.6. The molecule has 1 aromatic rings. The van der Waals surface area contributed by atoms with Gasteiger partial charge in [-0.25, -0.2) is 9.18 Å². The Bertz CT molecular complexity index is 534. The average Bonchev–Trinajstić information content (AvgIpc) is 2.85. The summed E-state index contributed by atoms with van der Waals surface area (Å²) >= 11 is 5.90. The van der Waals surface area contributed by atoms with Gasteiger partial charge < -0.3 is 15.1 Å². The quantitative estimate of drug-likeness (QED) is 0.931. The number of carbonyl (C=O) groups is 1. The Morgan fingerprint density at radius 2 is 2.05 bits per heavy atom. The van der Waals surface area contributed by atoms with Gasteiger partial charge in [-0.1, -0.05) is 11.6 Å². The molecule has 1 aromatic carbocycles. The lowest BCUT2D eigenvalue weighted by Gasteiger charge is -2.31. The molecule has 4 nitrogen and oxygen atoms in total. The van der Waals surface area contributed by atoms with E-state index in [1.165, 1.54) is 12.1 Å². The molecular weight excluding hydrogens is 293 g/mol. The SMILES string of the molecule is O=C1N(Cc2cc(Cl)ccc2F)CCN1C1CCNCC1. The van der Waals surface area contributed by atoms with E-state index in [1.807, 2.05) is 4.90 Å². The van der Waals surface area contributed by atoms with Gasteiger partial charge in [-0.3, -0.25) is 0 Å². The molecule has 3 rings (SSSR count). The van der Waals surface area contributed by atoms with Crippen LogP contribution in [-0.2, 0) is 6.54 Å². The van der Waals surface area contributed by atoms with Crippen molar-refractivity contribution in [3.05, 3.63) is 34.6 Å². The number of halogens is 2. The van der Waals surface area contributed by atoms with Gasteiger partial charge in [0.1, 0.15) is 5.82 Å². The molecule has 0 atom stereocenters. The number of rotatable bonds is 3. The summed E-state index contributed by atoms with van der Waals surface area (Å²) in [7, 11) is 0. The van der Waals surface area contributed by atoms with Crippen LogP contribution in [0.15, 0.2) is 18.2 Å². The van der Waals surface area contributed by atoms with Gasteiger partial charge in [0.2, 0.25) is 0 Å². The average molecular weight is 312 g/mol. The fourth-order valence-electron chi connectivity index (χ4n) is 3.08. The van der Waals surface area contributed by atoms with Crippen molar-refractivity contribution in [2.24, 2.45) is 0 Å². The van der Waals surface area contributed by atoms with Crippen LogP contribution in [0.5, 0.6) is 0 Å². The molecule has 2 heterocycles. The number of urea groups is 1. The fourth-order valence-corrected chi connectivity index (χ4v) is 3.27. The van der Waals surface area contributed by atoms with Gasteiger partial charge in [0.15, 0.2) is 0 Å². The van der Waals surface area contributed by atoms with Gasteiger partial charge in [-0.2, -0.15) is 0 Å². The molecule has 0 bridgehead atoms. The molecule has 0 saturated carbocycles. The molecule has 2 aliphatic rings. The molecule has 0 spiro atoms. The van der Waals surface area contributed by atoms with Crippen molar-refractivity contribution in [3.8, 4) is 0 Å². The van der Waals surface area contributed by atoms with Gasteiger partial charge in [0.05, 0.1) is 6.54 Å². The molecular formula is C15H19ClFN3O. The Morgan fingerprint density at radius 3 is 2.81 bits per heavy atom. The van der Waals surface area contributed by atoms with Crippen molar-refractivity contribution < 1.29 is 9.18 Å². The van der Waals surface area contributed by atoms with Crippen LogP contribution in [0.25, 0.3) is 0 Å². The van der Waals surface area contributed by atoms with Gasteiger partial charge >= 0.3 is 6.03 Å². The summed E-state index contributed by atoms with van der Waals surface area (Å²) in [5, 5.41) is 3.80.